The van der Waals surface area contributed by atoms with Crippen LogP contribution in [0.15, 0.2) is 0 Å². The zero-order valence-corrected chi connectivity index (χ0v) is 15.4. The Morgan fingerprint density at radius 1 is 1.14 bits per heavy atom. The summed E-state index contributed by atoms with van der Waals surface area (Å²) >= 11 is 0. The van der Waals surface area contributed by atoms with Gasteiger partial charge in [-0.2, -0.15) is 0 Å². The SMILES string of the molecule is COc1c(C)c(C(C)O[C-]=O)c([N+](=O)[O-])c(C)c1OC.[Y]. The first-order valence-corrected chi connectivity index (χ1v) is 5.82. The molecule has 0 aliphatic rings. The first-order valence-electron chi connectivity index (χ1n) is 5.82. The summed E-state index contributed by atoms with van der Waals surface area (Å²) in [5.74, 6) is 0.676. The minimum atomic E-state index is -0.814. The largest absolute Gasteiger partial charge is 0.648 e. The van der Waals surface area contributed by atoms with Gasteiger partial charge in [-0.1, -0.05) is 6.47 Å². The smallest absolute Gasteiger partial charge is 0.283 e. The molecule has 8 heteroatoms. The molecule has 0 N–H and O–H groups in total. The van der Waals surface area contributed by atoms with E-state index < -0.39 is 11.0 Å². The number of nitro groups is 1. The van der Waals surface area contributed by atoms with Crippen molar-refractivity contribution in [1.29, 1.82) is 0 Å². The molecule has 0 aliphatic heterocycles. The third-order valence-electron chi connectivity index (χ3n) is 3.12. The summed E-state index contributed by atoms with van der Waals surface area (Å²) in [7, 11) is 2.85. The Balaban J connectivity index is 0.00000400. The van der Waals surface area contributed by atoms with E-state index in [0.29, 0.717) is 22.6 Å². The molecule has 1 aromatic carbocycles. The number of carbonyl (C=O) groups excluding carboxylic acids is 1. The van der Waals surface area contributed by atoms with Gasteiger partial charge in [0, 0.05) is 38.3 Å². The zero-order valence-electron chi connectivity index (χ0n) is 12.6. The number of benzene rings is 1. The minimum Gasteiger partial charge on any atom is -0.648 e. The Hall–Kier alpha value is -1.21. The van der Waals surface area contributed by atoms with Crippen LogP contribution in [0.1, 0.15) is 29.7 Å². The van der Waals surface area contributed by atoms with E-state index in [1.54, 1.807) is 13.8 Å². The van der Waals surface area contributed by atoms with E-state index in [1.165, 1.54) is 27.6 Å². The third kappa shape index (κ3) is 3.71. The predicted molar refractivity (Wildman–Crippen MR) is 70.9 cm³/mol. The molecule has 0 amide bonds. The predicted octanol–water partition coefficient (Wildman–Crippen LogP) is 2.37. The summed E-state index contributed by atoms with van der Waals surface area (Å²) in [6.07, 6.45) is -0.814. The van der Waals surface area contributed by atoms with Gasteiger partial charge < -0.3 is 19.0 Å². The Bertz CT molecular complexity index is 546. The number of rotatable bonds is 6. The molecule has 0 saturated carbocycles. The van der Waals surface area contributed by atoms with Crippen LogP contribution in [0.2, 0.25) is 0 Å². The molecule has 0 saturated heterocycles. The van der Waals surface area contributed by atoms with Gasteiger partial charge in [0.25, 0.3) is 5.69 Å². The van der Waals surface area contributed by atoms with Crippen molar-refractivity contribution in [3.8, 4) is 11.5 Å². The molecule has 0 aliphatic carbocycles. The average molecular weight is 371 g/mol. The second kappa shape index (κ2) is 8.29. The summed E-state index contributed by atoms with van der Waals surface area (Å²) in [6, 6.07) is 0. The molecule has 21 heavy (non-hydrogen) atoms. The Kier molecular flexibility index (Phi) is 7.81. The first-order chi connectivity index (χ1) is 9.40. The van der Waals surface area contributed by atoms with Crippen LogP contribution >= 0.6 is 0 Å². The van der Waals surface area contributed by atoms with Crippen LogP contribution in [0, 0.1) is 24.0 Å². The van der Waals surface area contributed by atoms with Crippen molar-refractivity contribution in [1.82, 2.24) is 0 Å². The summed E-state index contributed by atoms with van der Waals surface area (Å²) < 4.78 is 15.2. The molecule has 7 nitrogen and oxygen atoms in total. The fourth-order valence-electron chi connectivity index (χ4n) is 2.31. The molecule has 0 heterocycles. The summed E-state index contributed by atoms with van der Waals surface area (Å²) in [4.78, 5) is 21.2. The van der Waals surface area contributed by atoms with Gasteiger partial charge in [0.15, 0.2) is 11.5 Å². The van der Waals surface area contributed by atoms with Crippen LogP contribution in [0.25, 0.3) is 0 Å². The fourth-order valence-corrected chi connectivity index (χ4v) is 2.31. The summed E-state index contributed by atoms with van der Waals surface area (Å²) in [6.45, 7) is 6.04. The van der Waals surface area contributed by atoms with Gasteiger partial charge in [-0.3, -0.25) is 10.1 Å². The van der Waals surface area contributed by atoms with E-state index in [4.69, 9.17) is 14.2 Å². The van der Waals surface area contributed by atoms with E-state index in [2.05, 4.69) is 0 Å². The summed E-state index contributed by atoms with van der Waals surface area (Å²) in [5, 5.41) is 11.3. The molecule has 0 spiro atoms. The zero-order chi connectivity index (χ0) is 15.4. The van der Waals surface area contributed by atoms with Crippen molar-refractivity contribution in [2.45, 2.75) is 26.9 Å². The van der Waals surface area contributed by atoms with Crippen LogP contribution in [0.3, 0.4) is 0 Å². The molecule has 1 rings (SSSR count). The van der Waals surface area contributed by atoms with Gasteiger partial charge >= 0.3 is 0 Å². The molecule has 1 unspecified atom stereocenters. The second-order valence-corrected chi connectivity index (χ2v) is 4.18. The number of nitrogens with zero attached hydrogens (tertiary/aromatic N) is 1. The average Bonchev–Trinajstić information content (AvgIpc) is 2.39. The topological polar surface area (TPSA) is 87.9 Å². The van der Waals surface area contributed by atoms with Gasteiger partial charge in [0.2, 0.25) is 0 Å². The fraction of sp³-hybridized carbons (Fsp3) is 0.462. The van der Waals surface area contributed by atoms with Crippen LogP contribution in [0.5, 0.6) is 11.5 Å². The molecule has 0 bridgehead atoms. The maximum atomic E-state index is 11.3. The Morgan fingerprint density at radius 2 is 1.62 bits per heavy atom. The Morgan fingerprint density at radius 3 is 2.00 bits per heavy atom. The van der Waals surface area contributed by atoms with Gasteiger partial charge in [-0.05, 0) is 20.8 Å². The maximum absolute atomic E-state index is 11.3. The number of ether oxygens (including phenoxy) is 3. The molecule has 0 aromatic heterocycles. The van der Waals surface area contributed by atoms with E-state index in [-0.39, 0.29) is 44.0 Å². The van der Waals surface area contributed by atoms with Crippen LogP contribution in [0.4, 0.5) is 5.69 Å². The van der Waals surface area contributed by atoms with Crippen molar-refractivity contribution in [3.63, 3.8) is 0 Å². The van der Waals surface area contributed by atoms with Gasteiger partial charge in [0.05, 0.1) is 36.4 Å². The second-order valence-electron chi connectivity index (χ2n) is 4.18. The standard InChI is InChI=1S/C13H16NO6.Y/c1-7-10(9(3)20-6-15)11(14(16)17)8(2)13(19-5)12(7)18-4;/h9H,1-5H3;/q-1;. The van der Waals surface area contributed by atoms with Crippen LogP contribution in [-0.4, -0.2) is 25.6 Å². The number of hydrogen-bond donors (Lipinski definition) is 0. The number of methoxy groups -OCH3 is 2. The monoisotopic (exact) mass is 371 g/mol. The summed E-state index contributed by atoms with van der Waals surface area (Å²) in [5.41, 5.74) is 0.928. The van der Waals surface area contributed by atoms with Gasteiger partial charge in [-0.25, -0.2) is 0 Å². The molecule has 113 valence electrons. The van der Waals surface area contributed by atoms with E-state index in [1.807, 2.05) is 0 Å². The van der Waals surface area contributed by atoms with E-state index in [9.17, 15) is 14.9 Å². The van der Waals surface area contributed by atoms with Crippen molar-refractivity contribution < 1.29 is 56.6 Å². The molecule has 1 aromatic rings. The maximum Gasteiger partial charge on any atom is 0.283 e. The van der Waals surface area contributed by atoms with Crippen molar-refractivity contribution in [2.75, 3.05) is 14.2 Å². The molecule has 1 atom stereocenters. The van der Waals surface area contributed by atoms with Crippen molar-refractivity contribution in [3.05, 3.63) is 26.8 Å². The minimum absolute atomic E-state index is 0. The third-order valence-corrected chi connectivity index (χ3v) is 3.12. The molecule has 0 fully saturated rings. The number of nitro benzene ring substituents is 1. The normalized spacial score (nSPS) is 11.1. The molecular formula is C13H16NO6Y-. The van der Waals surface area contributed by atoms with Crippen LogP contribution in [-0.2, 0) is 42.2 Å². The quantitative estimate of drug-likeness (QED) is 0.433. The van der Waals surface area contributed by atoms with Crippen LogP contribution < -0.4 is 9.47 Å². The van der Waals surface area contributed by atoms with E-state index >= 15 is 0 Å². The first kappa shape index (κ1) is 19.8. The van der Waals surface area contributed by atoms with Crippen molar-refractivity contribution >= 4 is 12.2 Å². The molecule has 1 radical (unpaired) electrons. The van der Waals surface area contributed by atoms with Crippen molar-refractivity contribution in [2.24, 2.45) is 0 Å². The Labute approximate surface area is 148 Å². The van der Waals surface area contributed by atoms with Gasteiger partial charge in [-0.15, -0.1) is 0 Å². The number of hydrogen-bond acceptors (Lipinski definition) is 6. The van der Waals surface area contributed by atoms with Gasteiger partial charge in [0.1, 0.15) is 0 Å². The van der Waals surface area contributed by atoms with E-state index in [0.717, 1.165) is 0 Å². The molecular weight excluding hydrogens is 355 g/mol.